The van der Waals surface area contributed by atoms with Crippen LogP contribution in [0.25, 0.3) is 0 Å². The fourth-order valence-corrected chi connectivity index (χ4v) is 4.36. The average molecular weight is 660 g/mol. The standard InChI is InChI=1S/2C12H19NO4.C7H11NO2.ClH/c2*1-6-8-7-12(8,9(14)16-5)13-10(15)17-11(2,3)4;1-3-5-4-7(5,8)6(9)10-2;/h2*6,8H,1,7H2,2-5H3,(H,13,15);3,5H,1,4,8H2,2H3;1H/t8-,12+;;5-,7+;/m0.0./s1. The lowest BCUT2D eigenvalue weighted by Crippen LogP contribution is -2.47. The number of hydrogen-bond donors (Lipinski definition) is 3. The first-order chi connectivity index (χ1) is 20.1. The molecule has 4 N–H and O–H groups in total. The maximum absolute atomic E-state index is 11.6. The van der Waals surface area contributed by atoms with Crippen molar-refractivity contribution in [2.24, 2.45) is 23.5 Å². The molecule has 0 saturated heterocycles. The summed E-state index contributed by atoms with van der Waals surface area (Å²) in [4.78, 5) is 57.4. The van der Waals surface area contributed by atoms with Crippen LogP contribution in [-0.2, 0) is 38.1 Å². The molecule has 0 radical (unpaired) electrons. The number of methoxy groups -OCH3 is 3. The van der Waals surface area contributed by atoms with Gasteiger partial charge in [0.15, 0.2) is 0 Å². The van der Waals surface area contributed by atoms with Crippen molar-refractivity contribution in [1.82, 2.24) is 10.6 Å². The summed E-state index contributed by atoms with van der Waals surface area (Å²) in [5.74, 6) is -1.34. The Morgan fingerprint density at radius 1 is 0.644 bits per heavy atom. The number of ether oxygens (including phenoxy) is 5. The summed E-state index contributed by atoms with van der Waals surface area (Å²) in [6.45, 7) is 21.3. The maximum atomic E-state index is 11.6. The minimum Gasteiger partial charge on any atom is -0.468 e. The zero-order valence-corrected chi connectivity index (χ0v) is 28.6. The number of halogens is 1. The van der Waals surface area contributed by atoms with E-state index < -0.39 is 51.9 Å². The monoisotopic (exact) mass is 659 g/mol. The Balaban J connectivity index is 0.000000660. The van der Waals surface area contributed by atoms with E-state index >= 15 is 0 Å². The second-order valence-corrected chi connectivity index (χ2v) is 12.9. The first-order valence-corrected chi connectivity index (χ1v) is 14.1. The quantitative estimate of drug-likeness (QED) is 0.196. The molecule has 45 heavy (non-hydrogen) atoms. The van der Waals surface area contributed by atoms with Gasteiger partial charge in [0.1, 0.15) is 27.8 Å². The Morgan fingerprint density at radius 2 is 0.956 bits per heavy atom. The second-order valence-electron chi connectivity index (χ2n) is 12.9. The van der Waals surface area contributed by atoms with E-state index in [1.165, 1.54) is 21.3 Å². The fraction of sp³-hybridized carbons (Fsp3) is 0.645. The van der Waals surface area contributed by atoms with E-state index in [1.54, 1.807) is 59.8 Å². The number of rotatable bonds is 8. The lowest BCUT2D eigenvalue weighted by atomic mass is 10.2. The average Bonchev–Trinajstić information content (AvgIpc) is 3.86. The molecule has 0 spiro atoms. The summed E-state index contributed by atoms with van der Waals surface area (Å²) in [6.07, 6.45) is 5.40. The third kappa shape index (κ3) is 11.1. The van der Waals surface area contributed by atoms with Crippen LogP contribution in [0.3, 0.4) is 0 Å². The van der Waals surface area contributed by atoms with Crippen molar-refractivity contribution in [2.45, 2.75) is 88.6 Å². The molecule has 2 unspecified atom stereocenters. The van der Waals surface area contributed by atoms with Gasteiger partial charge in [-0.3, -0.25) is 4.79 Å². The van der Waals surface area contributed by atoms with Crippen molar-refractivity contribution in [1.29, 1.82) is 0 Å². The smallest absolute Gasteiger partial charge is 0.408 e. The van der Waals surface area contributed by atoms with Crippen molar-refractivity contribution in [3.63, 3.8) is 0 Å². The lowest BCUT2D eigenvalue weighted by molar-refractivity contribution is -0.145. The van der Waals surface area contributed by atoms with Crippen molar-refractivity contribution in [3.05, 3.63) is 38.0 Å². The molecule has 0 aromatic rings. The highest BCUT2D eigenvalue weighted by atomic mass is 35.5. The van der Waals surface area contributed by atoms with Gasteiger partial charge in [0.2, 0.25) is 0 Å². The molecule has 3 fully saturated rings. The van der Waals surface area contributed by atoms with Gasteiger partial charge >= 0.3 is 30.1 Å². The number of carbonyl (C=O) groups excluding carboxylic acids is 5. The van der Waals surface area contributed by atoms with Gasteiger partial charge in [-0.1, -0.05) is 18.2 Å². The van der Waals surface area contributed by atoms with Crippen molar-refractivity contribution >= 4 is 42.5 Å². The molecule has 0 aromatic carbocycles. The van der Waals surface area contributed by atoms with Crippen LogP contribution in [0, 0.1) is 17.8 Å². The molecule has 2 amide bonds. The van der Waals surface area contributed by atoms with Gasteiger partial charge in [0.05, 0.1) is 21.3 Å². The van der Waals surface area contributed by atoms with Crippen LogP contribution < -0.4 is 16.4 Å². The number of hydrogen-bond acceptors (Lipinski definition) is 11. The number of alkyl carbamates (subject to hydrolysis) is 2. The number of carbonyl (C=O) groups is 5. The topological polar surface area (TPSA) is 182 Å². The molecular formula is C31H50ClN3O10. The highest BCUT2D eigenvalue weighted by molar-refractivity contribution is 5.91. The van der Waals surface area contributed by atoms with Gasteiger partial charge in [-0.2, -0.15) is 0 Å². The Morgan fingerprint density at radius 3 is 1.16 bits per heavy atom. The van der Waals surface area contributed by atoms with Crippen LogP contribution in [0.15, 0.2) is 38.0 Å². The van der Waals surface area contributed by atoms with Gasteiger partial charge in [0, 0.05) is 17.8 Å². The van der Waals surface area contributed by atoms with E-state index in [4.69, 9.17) is 15.2 Å². The van der Waals surface area contributed by atoms with Gasteiger partial charge in [-0.15, -0.1) is 32.1 Å². The number of nitrogens with one attached hydrogen (secondary N) is 2. The van der Waals surface area contributed by atoms with Crippen LogP contribution in [0.1, 0.15) is 60.8 Å². The Bertz CT molecular complexity index is 1080. The van der Waals surface area contributed by atoms with Crippen molar-refractivity contribution in [2.75, 3.05) is 21.3 Å². The third-order valence-corrected chi connectivity index (χ3v) is 7.05. The second kappa shape index (κ2) is 15.6. The van der Waals surface area contributed by atoms with Crippen LogP contribution in [-0.4, -0.2) is 79.2 Å². The van der Waals surface area contributed by atoms with Crippen LogP contribution in [0.4, 0.5) is 9.59 Å². The van der Waals surface area contributed by atoms with E-state index in [0.717, 1.165) is 0 Å². The molecule has 13 nitrogen and oxygen atoms in total. The summed E-state index contributed by atoms with van der Waals surface area (Å²) in [5, 5.41) is 5.14. The van der Waals surface area contributed by atoms with E-state index in [1.807, 2.05) is 0 Å². The van der Waals surface area contributed by atoms with Gasteiger partial charge < -0.3 is 40.1 Å². The van der Waals surface area contributed by atoms with E-state index in [0.29, 0.717) is 19.3 Å². The molecule has 0 heterocycles. The highest BCUT2D eigenvalue weighted by Crippen LogP contribution is 2.46. The molecular weight excluding hydrogens is 610 g/mol. The van der Waals surface area contributed by atoms with E-state index in [-0.39, 0.29) is 36.1 Å². The van der Waals surface area contributed by atoms with Gasteiger partial charge in [-0.25, -0.2) is 19.2 Å². The SMILES string of the molecule is C=CC1CC1(NC(=O)OC(C)(C)C)C(=O)OC.C=C[C@H]1C[C@]1(N)C(=O)OC.C=C[C@H]1C[C@]1(NC(=O)OC(C)(C)C)C(=O)OC.Cl. The molecule has 14 heteroatoms. The zero-order chi connectivity index (χ0) is 34.3. The van der Waals surface area contributed by atoms with Gasteiger partial charge in [0.25, 0.3) is 0 Å². The Hall–Kier alpha value is -3.58. The number of amides is 2. The minimum absolute atomic E-state index is 0. The molecule has 6 atom stereocenters. The fourth-order valence-electron chi connectivity index (χ4n) is 4.36. The first kappa shape index (κ1) is 41.4. The van der Waals surface area contributed by atoms with Crippen LogP contribution in [0.2, 0.25) is 0 Å². The zero-order valence-electron chi connectivity index (χ0n) is 27.8. The molecule has 3 saturated carbocycles. The molecule has 3 aliphatic rings. The molecule has 0 aliphatic heterocycles. The summed E-state index contributed by atoms with van der Waals surface area (Å²) >= 11 is 0. The molecule has 0 bridgehead atoms. The predicted molar refractivity (Wildman–Crippen MR) is 169 cm³/mol. The summed E-state index contributed by atoms with van der Waals surface area (Å²) in [6, 6.07) is 0. The number of esters is 3. The number of nitrogens with two attached hydrogens (primary N) is 1. The third-order valence-electron chi connectivity index (χ3n) is 7.05. The molecule has 256 valence electrons. The van der Waals surface area contributed by atoms with Crippen LogP contribution >= 0.6 is 12.4 Å². The highest BCUT2D eigenvalue weighted by Gasteiger charge is 2.62. The largest absolute Gasteiger partial charge is 0.468 e. The van der Waals surface area contributed by atoms with E-state index in [2.05, 4.69) is 44.6 Å². The first-order valence-electron chi connectivity index (χ1n) is 14.1. The van der Waals surface area contributed by atoms with Crippen molar-refractivity contribution in [3.8, 4) is 0 Å². The summed E-state index contributed by atoms with van der Waals surface area (Å²) in [5.41, 5.74) is 1.69. The summed E-state index contributed by atoms with van der Waals surface area (Å²) < 4.78 is 24.1. The summed E-state index contributed by atoms with van der Waals surface area (Å²) in [7, 11) is 3.92. The van der Waals surface area contributed by atoms with E-state index in [9.17, 15) is 24.0 Å². The van der Waals surface area contributed by atoms with Crippen molar-refractivity contribution < 1.29 is 47.7 Å². The van der Waals surface area contributed by atoms with Crippen LogP contribution in [0.5, 0.6) is 0 Å². The molecule has 3 rings (SSSR count). The predicted octanol–water partition coefficient (Wildman–Crippen LogP) is 3.74. The maximum Gasteiger partial charge on any atom is 0.408 e. The Kier molecular flexibility index (Phi) is 14.4. The Labute approximate surface area is 272 Å². The normalized spacial score (nSPS) is 28.5. The van der Waals surface area contributed by atoms with Gasteiger partial charge in [-0.05, 0) is 60.8 Å². The molecule has 0 aromatic heterocycles. The molecule has 3 aliphatic carbocycles. The lowest BCUT2D eigenvalue weighted by Gasteiger charge is -2.22. The minimum atomic E-state index is -0.987.